The number of hydrazone groups is 1. The number of benzene rings is 2. The molecule has 0 radical (unpaired) electrons. The summed E-state index contributed by atoms with van der Waals surface area (Å²) in [6.45, 7) is 0.438. The Morgan fingerprint density at radius 3 is 2.86 bits per heavy atom. The van der Waals surface area contributed by atoms with E-state index in [1.165, 1.54) is 0 Å². The van der Waals surface area contributed by atoms with E-state index in [0.29, 0.717) is 16.7 Å². The molecule has 0 aromatic heterocycles. The second kappa shape index (κ2) is 8.36. The van der Waals surface area contributed by atoms with Crippen molar-refractivity contribution < 1.29 is 4.74 Å². The van der Waals surface area contributed by atoms with Crippen molar-refractivity contribution in [2.45, 2.75) is 6.61 Å². The topological polar surface area (TPSA) is 45.7 Å². The van der Waals surface area contributed by atoms with Crippen molar-refractivity contribution in [2.75, 3.05) is 7.05 Å². The summed E-state index contributed by atoms with van der Waals surface area (Å²) >= 11 is 10.9. The molecule has 2 aromatic carbocycles. The molecule has 0 saturated carbocycles. The van der Waals surface area contributed by atoms with Gasteiger partial charge in [-0.15, -0.1) is 0 Å². The molecule has 6 heteroatoms. The summed E-state index contributed by atoms with van der Waals surface area (Å²) in [5.41, 5.74) is 4.57. The lowest BCUT2D eigenvalue weighted by Crippen LogP contribution is -2.28. The van der Waals surface area contributed by atoms with Crippen molar-refractivity contribution in [2.24, 2.45) is 5.10 Å². The SMILES string of the molecule is CNC(=S)N/N=C/c1ccccc1OCc1cccc(Cl)c1. The molecular weight excluding hydrogens is 318 g/mol. The number of hydrogen-bond donors (Lipinski definition) is 2. The van der Waals surface area contributed by atoms with E-state index >= 15 is 0 Å². The van der Waals surface area contributed by atoms with Crippen LogP contribution < -0.4 is 15.5 Å². The third kappa shape index (κ3) is 5.02. The Hall–Kier alpha value is -2.11. The maximum absolute atomic E-state index is 5.97. The molecule has 0 saturated heterocycles. The Morgan fingerprint density at radius 2 is 2.09 bits per heavy atom. The number of nitrogens with one attached hydrogen (secondary N) is 2. The zero-order valence-electron chi connectivity index (χ0n) is 12.0. The molecular formula is C16H16ClN3OS. The highest BCUT2D eigenvalue weighted by Crippen LogP contribution is 2.18. The third-order valence-electron chi connectivity index (χ3n) is 2.80. The molecule has 0 amide bonds. The number of nitrogens with zero attached hydrogens (tertiary/aromatic N) is 1. The predicted octanol–water partition coefficient (Wildman–Crippen LogP) is 3.35. The number of halogens is 1. The fraction of sp³-hybridized carbons (Fsp3) is 0.125. The largest absolute Gasteiger partial charge is 0.488 e. The zero-order chi connectivity index (χ0) is 15.8. The van der Waals surface area contributed by atoms with Gasteiger partial charge in [0.15, 0.2) is 5.11 Å². The first-order chi connectivity index (χ1) is 10.7. The Bertz CT molecular complexity index is 676. The average Bonchev–Trinajstić information content (AvgIpc) is 2.54. The molecule has 0 fully saturated rings. The van der Waals surface area contributed by atoms with Gasteiger partial charge in [-0.05, 0) is 42.0 Å². The van der Waals surface area contributed by atoms with Crippen molar-refractivity contribution in [3.8, 4) is 5.75 Å². The van der Waals surface area contributed by atoms with Gasteiger partial charge in [0.1, 0.15) is 12.4 Å². The smallest absolute Gasteiger partial charge is 0.186 e. The minimum absolute atomic E-state index is 0.438. The minimum atomic E-state index is 0.438. The summed E-state index contributed by atoms with van der Waals surface area (Å²) in [6.07, 6.45) is 1.66. The predicted molar refractivity (Wildman–Crippen MR) is 94.6 cm³/mol. The lowest BCUT2D eigenvalue weighted by molar-refractivity contribution is 0.306. The van der Waals surface area contributed by atoms with Crippen molar-refractivity contribution in [1.82, 2.24) is 10.7 Å². The lowest BCUT2D eigenvalue weighted by atomic mass is 10.2. The van der Waals surface area contributed by atoms with Crippen LogP contribution in [0, 0.1) is 0 Å². The van der Waals surface area contributed by atoms with Crippen LogP contribution in [0.5, 0.6) is 5.75 Å². The third-order valence-corrected chi connectivity index (χ3v) is 3.33. The van der Waals surface area contributed by atoms with Gasteiger partial charge >= 0.3 is 0 Å². The molecule has 0 unspecified atom stereocenters. The normalized spacial score (nSPS) is 10.5. The Morgan fingerprint density at radius 1 is 1.27 bits per heavy atom. The Balaban J connectivity index is 2.03. The molecule has 2 N–H and O–H groups in total. The second-order valence-corrected chi connectivity index (χ2v) is 5.25. The van der Waals surface area contributed by atoms with Gasteiger partial charge in [0.05, 0.1) is 6.21 Å². The van der Waals surface area contributed by atoms with Crippen LogP contribution in [0.3, 0.4) is 0 Å². The quantitative estimate of drug-likeness (QED) is 0.500. The van der Waals surface area contributed by atoms with E-state index in [-0.39, 0.29) is 0 Å². The van der Waals surface area contributed by atoms with Crippen molar-refractivity contribution in [3.63, 3.8) is 0 Å². The highest BCUT2D eigenvalue weighted by Gasteiger charge is 2.02. The van der Waals surface area contributed by atoms with Crippen LogP contribution >= 0.6 is 23.8 Å². The first-order valence-electron chi connectivity index (χ1n) is 6.66. The van der Waals surface area contributed by atoms with Crippen LogP contribution in [-0.4, -0.2) is 18.4 Å². The fourth-order valence-electron chi connectivity index (χ4n) is 1.72. The van der Waals surface area contributed by atoms with E-state index < -0.39 is 0 Å². The molecule has 0 atom stereocenters. The van der Waals surface area contributed by atoms with E-state index in [4.69, 9.17) is 28.6 Å². The van der Waals surface area contributed by atoms with Crippen LogP contribution in [0.4, 0.5) is 0 Å². The second-order valence-electron chi connectivity index (χ2n) is 4.41. The molecule has 2 aromatic rings. The van der Waals surface area contributed by atoms with E-state index in [1.807, 2.05) is 48.5 Å². The van der Waals surface area contributed by atoms with Crippen LogP contribution in [0.2, 0.25) is 5.02 Å². The molecule has 2 rings (SSSR count). The van der Waals surface area contributed by atoms with Crippen LogP contribution in [0.15, 0.2) is 53.6 Å². The van der Waals surface area contributed by atoms with Gasteiger partial charge in [0.2, 0.25) is 0 Å². The van der Waals surface area contributed by atoms with E-state index in [1.54, 1.807) is 13.3 Å². The molecule has 0 aliphatic rings. The first-order valence-corrected chi connectivity index (χ1v) is 7.44. The summed E-state index contributed by atoms with van der Waals surface area (Å²) in [4.78, 5) is 0. The molecule has 0 aliphatic heterocycles. The van der Waals surface area contributed by atoms with E-state index in [9.17, 15) is 0 Å². The summed E-state index contributed by atoms with van der Waals surface area (Å²) in [5, 5.41) is 7.99. The van der Waals surface area contributed by atoms with Crippen molar-refractivity contribution in [3.05, 3.63) is 64.7 Å². The van der Waals surface area contributed by atoms with Gasteiger partial charge in [0.25, 0.3) is 0 Å². The highest BCUT2D eigenvalue weighted by molar-refractivity contribution is 7.80. The van der Waals surface area contributed by atoms with Gasteiger partial charge < -0.3 is 10.1 Å². The number of thiocarbonyl (C=S) groups is 1. The van der Waals surface area contributed by atoms with E-state index in [2.05, 4.69) is 15.8 Å². The number of ether oxygens (including phenoxy) is 1. The summed E-state index contributed by atoms with van der Waals surface area (Å²) in [5.74, 6) is 0.739. The van der Waals surface area contributed by atoms with Crippen molar-refractivity contribution >= 4 is 35.1 Å². The highest BCUT2D eigenvalue weighted by atomic mass is 35.5. The number of rotatable bonds is 5. The molecule has 114 valence electrons. The standard InChI is InChI=1S/C16H16ClN3OS/c1-18-16(22)20-19-10-13-6-2-3-8-15(13)21-11-12-5-4-7-14(17)9-12/h2-10H,11H2,1H3,(H2,18,20,22)/b19-10+. The monoisotopic (exact) mass is 333 g/mol. The summed E-state index contributed by atoms with van der Waals surface area (Å²) < 4.78 is 5.84. The summed E-state index contributed by atoms with van der Waals surface area (Å²) in [7, 11) is 1.73. The molecule has 22 heavy (non-hydrogen) atoms. The van der Waals surface area contributed by atoms with Gasteiger partial charge in [-0.1, -0.05) is 35.9 Å². The van der Waals surface area contributed by atoms with Crippen LogP contribution in [0.25, 0.3) is 0 Å². The zero-order valence-corrected chi connectivity index (χ0v) is 13.6. The van der Waals surface area contributed by atoms with Gasteiger partial charge in [0, 0.05) is 17.6 Å². The average molecular weight is 334 g/mol. The molecule has 0 bridgehead atoms. The maximum atomic E-state index is 5.97. The Kier molecular flexibility index (Phi) is 6.18. The Labute approximate surface area is 140 Å². The maximum Gasteiger partial charge on any atom is 0.186 e. The number of hydrogen-bond acceptors (Lipinski definition) is 3. The first kappa shape index (κ1) is 16.3. The van der Waals surface area contributed by atoms with E-state index in [0.717, 1.165) is 16.9 Å². The lowest BCUT2D eigenvalue weighted by Gasteiger charge is -2.09. The minimum Gasteiger partial charge on any atom is -0.488 e. The molecule has 4 nitrogen and oxygen atoms in total. The van der Waals surface area contributed by atoms with Crippen LogP contribution in [0.1, 0.15) is 11.1 Å². The fourth-order valence-corrected chi connectivity index (χ4v) is 1.99. The van der Waals surface area contributed by atoms with Crippen LogP contribution in [-0.2, 0) is 6.61 Å². The molecule has 0 heterocycles. The van der Waals surface area contributed by atoms with Crippen molar-refractivity contribution in [1.29, 1.82) is 0 Å². The number of para-hydroxylation sites is 1. The molecule has 0 spiro atoms. The molecule has 0 aliphatic carbocycles. The van der Waals surface area contributed by atoms with Gasteiger partial charge in [-0.3, -0.25) is 5.43 Å². The summed E-state index contributed by atoms with van der Waals surface area (Å²) in [6, 6.07) is 15.2. The van der Waals surface area contributed by atoms with Gasteiger partial charge in [-0.25, -0.2) is 0 Å². The van der Waals surface area contributed by atoms with Gasteiger partial charge in [-0.2, -0.15) is 5.10 Å².